The number of piperidine rings is 2. The summed E-state index contributed by atoms with van der Waals surface area (Å²) in [7, 11) is 3.66. The highest BCUT2D eigenvalue weighted by molar-refractivity contribution is 6.04. The number of methoxy groups -OCH3 is 1. The van der Waals surface area contributed by atoms with E-state index in [1.54, 1.807) is 31.4 Å². The molecule has 0 aliphatic carbocycles. The lowest BCUT2D eigenvalue weighted by atomic mass is 9.93. The van der Waals surface area contributed by atoms with Crippen LogP contribution in [0.25, 0.3) is 0 Å². The Morgan fingerprint density at radius 1 is 1.00 bits per heavy atom. The minimum atomic E-state index is -0.123. The van der Waals surface area contributed by atoms with Gasteiger partial charge in [-0.2, -0.15) is 0 Å². The summed E-state index contributed by atoms with van der Waals surface area (Å²) in [5.74, 6) is 2.21. The van der Waals surface area contributed by atoms with E-state index in [1.165, 1.54) is 37.9 Å². The second-order valence-corrected chi connectivity index (χ2v) is 9.58. The average Bonchev–Trinajstić information content (AvgIpc) is 3.35. The summed E-state index contributed by atoms with van der Waals surface area (Å²) in [4.78, 5) is 17.7. The number of carbonyl (C=O) groups is 1. The number of anilines is 2. The molecular weight excluding hydrogens is 440 g/mol. The van der Waals surface area contributed by atoms with E-state index >= 15 is 0 Å². The molecular formula is C27H34N6O2. The zero-order valence-electron chi connectivity index (χ0n) is 20.6. The van der Waals surface area contributed by atoms with Crippen molar-refractivity contribution < 1.29 is 9.53 Å². The number of carbonyl (C=O) groups excluding carboxylic acids is 1. The van der Waals surface area contributed by atoms with E-state index < -0.39 is 0 Å². The van der Waals surface area contributed by atoms with Gasteiger partial charge in [-0.3, -0.25) is 9.69 Å². The SMILES string of the molecule is COc1ccc(C(=O)Nc2ccc(N3CCC(N4CCC[C@@H](c5nncn5C)C4)CC3)cc2)cc1. The van der Waals surface area contributed by atoms with E-state index in [9.17, 15) is 4.79 Å². The Labute approximate surface area is 206 Å². The van der Waals surface area contributed by atoms with Crippen molar-refractivity contribution in [3.05, 3.63) is 66.2 Å². The first kappa shape index (κ1) is 23.4. The molecule has 3 heterocycles. The Morgan fingerprint density at radius 2 is 1.74 bits per heavy atom. The van der Waals surface area contributed by atoms with Crippen molar-refractivity contribution in [2.45, 2.75) is 37.6 Å². The number of aryl methyl sites for hydroxylation is 1. The first-order valence-electron chi connectivity index (χ1n) is 12.5. The van der Waals surface area contributed by atoms with Gasteiger partial charge in [0.05, 0.1) is 7.11 Å². The van der Waals surface area contributed by atoms with Gasteiger partial charge in [0.2, 0.25) is 0 Å². The maximum Gasteiger partial charge on any atom is 0.255 e. The van der Waals surface area contributed by atoms with Crippen LogP contribution in [0, 0.1) is 0 Å². The van der Waals surface area contributed by atoms with Crippen LogP contribution >= 0.6 is 0 Å². The first-order chi connectivity index (χ1) is 17.1. The van der Waals surface area contributed by atoms with Crippen molar-refractivity contribution in [3.63, 3.8) is 0 Å². The molecule has 1 atom stereocenters. The highest BCUT2D eigenvalue weighted by Crippen LogP contribution is 2.30. The van der Waals surface area contributed by atoms with Crippen LogP contribution in [0.1, 0.15) is 47.8 Å². The van der Waals surface area contributed by atoms with E-state index in [4.69, 9.17) is 4.74 Å². The summed E-state index contributed by atoms with van der Waals surface area (Å²) < 4.78 is 7.23. The molecule has 5 rings (SSSR count). The molecule has 0 spiro atoms. The standard InChI is InChI=1S/C27H34N6O2/c1-31-19-28-30-26(31)21-4-3-15-33(18-21)24-13-16-32(17-14-24)23-9-7-22(8-10-23)29-27(34)20-5-11-25(35-2)12-6-20/h5-12,19,21,24H,3-4,13-18H2,1-2H3,(H,29,34)/t21-/m1/s1. The molecule has 0 radical (unpaired) electrons. The highest BCUT2D eigenvalue weighted by Gasteiger charge is 2.31. The lowest BCUT2D eigenvalue weighted by molar-refractivity contribution is 0.102. The molecule has 2 aromatic carbocycles. The van der Waals surface area contributed by atoms with Gasteiger partial charge in [0.1, 0.15) is 17.9 Å². The predicted molar refractivity (Wildman–Crippen MR) is 137 cm³/mol. The first-order valence-corrected chi connectivity index (χ1v) is 12.5. The number of likely N-dealkylation sites (tertiary alicyclic amines) is 1. The molecule has 1 amide bonds. The molecule has 3 aromatic rings. The second-order valence-electron chi connectivity index (χ2n) is 9.58. The smallest absolute Gasteiger partial charge is 0.255 e. The van der Waals surface area contributed by atoms with Crippen LogP contribution in [0.2, 0.25) is 0 Å². The van der Waals surface area contributed by atoms with Gasteiger partial charge in [0.25, 0.3) is 5.91 Å². The Kier molecular flexibility index (Phi) is 6.99. The van der Waals surface area contributed by atoms with Crippen molar-refractivity contribution >= 4 is 17.3 Å². The number of hydrogen-bond acceptors (Lipinski definition) is 6. The number of hydrogen-bond donors (Lipinski definition) is 1. The summed E-state index contributed by atoms with van der Waals surface area (Å²) in [6.07, 6.45) is 6.57. The van der Waals surface area contributed by atoms with Crippen LogP contribution in [0.5, 0.6) is 5.75 Å². The fraction of sp³-hybridized carbons (Fsp3) is 0.444. The third kappa shape index (κ3) is 5.32. The van der Waals surface area contributed by atoms with Crippen LogP contribution < -0.4 is 15.0 Å². The lowest BCUT2D eigenvalue weighted by Crippen LogP contribution is -2.48. The van der Waals surface area contributed by atoms with Crippen LogP contribution in [0.3, 0.4) is 0 Å². The lowest BCUT2D eigenvalue weighted by Gasteiger charge is -2.42. The number of nitrogens with zero attached hydrogens (tertiary/aromatic N) is 5. The van der Waals surface area contributed by atoms with E-state index in [0.29, 0.717) is 17.5 Å². The maximum absolute atomic E-state index is 12.5. The molecule has 2 fully saturated rings. The van der Waals surface area contributed by atoms with Crippen molar-refractivity contribution in [3.8, 4) is 5.75 Å². The maximum atomic E-state index is 12.5. The summed E-state index contributed by atoms with van der Waals surface area (Å²) in [6, 6.07) is 15.9. The Bertz CT molecular complexity index is 1120. The molecule has 8 nitrogen and oxygen atoms in total. The zero-order valence-corrected chi connectivity index (χ0v) is 20.6. The fourth-order valence-electron chi connectivity index (χ4n) is 5.40. The minimum absolute atomic E-state index is 0.123. The predicted octanol–water partition coefficient (Wildman–Crippen LogP) is 3.92. The van der Waals surface area contributed by atoms with E-state index in [1.807, 2.05) is 25.5 Å². The molecule has 0 unspecified atom stereocenters. The summed E-state index contributed by atoms with van der Waals surface area (Å²) >= 11 is 0. The van der Waals surface area contributed by atoms with Gasteiger partial charge in [-0.15, -0.1) is 10.2 Å². The van der Waals surface area contributed by atoms with Gasteiger partial charge in [-0.25, -0.2) is 0 Å². The van der Waals surface area contributed by atoms with Gasteiger partial charge >= 0.3 is 0 Å². The number of rotatable bonds is 6. The Balaban J connectivity index is 1.13. The van der Waals surface area contributed by atoms with Gasteiger partial charge < -0.3 is 19.5 Å². The van der Waals surface area contributed by atoms with E-state index in [0.717, 1.165) is 36.9 Å². The number of amides is 1. The van der Waals surface area contributed by atoms with Crippen molar-refractivity contribution in [1.29, 1.82) is 0 Å². The average molecular weight is 475 g/mol. The van der Waals surface area contributed by atoms with Gasteiger partial charge in [-0.05, 0) is 80.8 Å². The van der Waals surface area contributed by atoms with E-state index in [-0.39, 0.29) is 5.91 Å². The van der Waals surface area contributed by atoms with Crippen molar-refractivity contribution in [2.75, 3.05) is 43.5 Å². The molecule has 35 heavy (non-hydrogen) atoms. The molecule has 1 N–H and O–H groups in total. The number of benzene rings is 2. The highest BCUT2D eigenvalue weighted by atomic mass is 16.5. The molecule has 0 saturated carbocycles. The van der Waals surface area contributed by atoms with Crippen molar-refractivity contribution in [1.82, 2.24) is 19.7 Å². The van der Waals surface area contributed by atoms with E-state index in [2.05, 4.69) is 42.0 Å². The normalized spacial score (nSPS) is 19.5. The monoisotopic (exact) mass is 474 g/mol. The number of nitrogens with one attached hydrogen (secondary N) is 1. The third-order valence-electron chi connectivity index (χ3n) is 7.39. The molecule has 1 aromatic heterocycles. The number of aromatic nitrogens is 3. The minimum Gasteiger partial charge on any atom is -0.497 e. The summed E-state index contributed by atoms with van der Waals surface area (Å²) in [6.45, 7) is 4.36. The molecule has 184 valence electrons. The largest absolute Gasteiger partial charge is 0.497 e. The fourth-order valence-corrected chi connectivity index (χ4v) is 5.40. The third-order valence-corrected chi connectivity index (χ3v) is 7.39. The van der Waals surface area contributed by atoms with Crippen molar-refractivity contribution in [2.24, 2.45) is 7.05 Å². The Hall–Kier alpha value is -3.39. The molecule has 2 aliphatic heterocycles. The van der Waals surface area contributed by atoms with Gasteiger partial charge in [-0.1, -0.05) is 0 Å². The Morgan fingerprint density at radius 3 is 2.40 bits per heavy atom. The summed E-state index contributed by atoms with van der Waals surface area (Å²) in [5.41, 5.74) is 2.62. The zero-order chi connectivity index (χ0) is 24.2. The molecule has 8 heteroatoms. The molecule has 2 saturated heterocycles. The number of ether oxygens (including phenoxy) is 1. The van der Waals surface area contributed by atoms with Crippen LogP contribution in [-0.4, -0.2) is 64.9 Å². The van der Waals surface area contributed by atoms with Gasteiger partial charge in [0, 0.05) is 55.6 Å². The quantitative estimate of drug-likeness (QED) is 0.584. The second kappa shape index (κ2) is 10.5. The summed E-state index contributed by atoms with van der Waals surface area (Å²) in [5, 5.41) is 11.4. The topological polar surface area (TPSA) is 75.5 Å². The van der Waals surface area contributed by atoms with Gasteiger partial charge in [0.15, 0.2) is 0 Å². The van der Waals surface area contributed by atoms with Crippen LogP contribution in [-0.2, 0) is 7.05 Å². The van der Waals surface area contributed by atoms with Crippen LogP contribution in [0.15, 0.2) is 54.9 Å². The molecule has 2 aliphatic rings. The van der Waals surface area contributed by atoms with Crippen LogP contribution in [0.4, 0.5) is 11.4 Å². The molecule has 0 bridgehead atoms.